The monoisotopic (exact) mass is 292 g/mol. The molecule has 0 amide bonds. The normalized spacial score (nSPS) is 10.3. The summed E-state index contributed by atoms with van der Waals surface area (Å²) in [6.45, 7) is 3.10. The van der Waals surface area contributed by atoms with Crippen LogP contribution >= 0.6 is 11.6 Å². The second-order valence-corrected chi connectivity index (χ2v) is 4.49. The van der Waals surface area contributed by atoms with Crippen LogP contribution in [0.2, 0.25) is 5.15 Å². The van der Waals surface area contributed by atoms with Gasteiger partial charge in [-0.3, -0.25) is 15.1 Å². The van der Waals surface area contributed by atoms with Gasteiger partial charge in [0.25, 0.3) is 5.69 Å². The molecule has 0 aliphatic carbocycles. The molecule has 0 N–H and O–H groups in total. The molecular weight excluding hydrogens is 280 g/mol. The molecule has 0 saturated heterocycles. The summed E-state index contributed by atoms with van der Waals surface area (Å²) in [5.74, 6) is 0.470. The van der Waals surface area contributed by atoms with Gasteiger partial charge in [0, 0.05) is 12.7 Å². The molecule has 0 radical (unpaired) electrons. The average molecular weight is 293 g/mol. The predicted molar refractivity (Wildman–Crippen MR) is 76.9 cm³/mol. The number of nitro groups is 1. The van der Waals surface area contributed by atoms with Crippen molar-refractivity contribution in [2.75, 3.05) is 11.4 Å². The van der Waals surface area contributed by atoms with E-state index in [-0.39, 0.29) is 10.8 Å². The number of pyridine rings is 2. The van der Waals surface area contributed by atoms with Crippen molar-refractivity contribution in [3.8, 4) is 0 Å². The van der Waals surface area contributed by atoms with Gasteiger partial charge >= 0.3 is 0 Å². The molecular formula is C13H13ClN4O2. The Labute approximate surface area is 121 Å². The van der Waals surface area contributed by atoms with Crippen LogP contribution in [0.1, 0.15) is 12.6 Å². The standard InChI is InChI=1S/C13H13ClN4O2/c1-2-17(9-10-5-3-4-6-15-10)13-8-11(18(19)20)7-12(14)16-13/h3-8H,2,9H2,1H3. The topological polar surface area (TPSA) is 72.2 Å². The Morgan fingerprint density at radius 1 is 1.40 bits per heavy atom. The Hall–Kier alpha value is -2.21. The molecule has 0 aromatic carbocycles. The van der Waals surface area contributed by atoms with Gasteiger partial charge < -0.3 is 4.90 Å². The van der Waals surface area contributed by atoms with E-state index < -0.39 is 4.92 Å². The molecule has 104 valence electrons. The maximum atomic E-state index is 10.9. The molecule has 2 aromatic heterocycles. The molecule has 0 saturated carbocycles. The van der Waals surface area contributed by atoms with Gasteiger partial charge in [0.1, 0.15) is 11.0 Å². The van der Waals surface area contributed by atoms with Crippen molar-refractivity contribution in [1.29, 1.82) is 0 Å². The van der Waals surface area contributed by atoms with Crippen LogP contribution in [-0.4, -0.2) is 21.4 Å². The molecule has 2 rings (SSSR count). The van der Waals surface area contributed by atoms with Crippen molar-refractivity contribution in [2.24, 2.45) is 0 Å². The lowest BCUT2D eigenvalue weighted by Crippen LogP contribution is -2.23. The fourth-order valence-corrected chi connectivity index (χ4v) is 1.98. The highest BCUT2D eigenvalue weighted by Gasteiger charge is 2.15. The first kappa shape index (κ1) is 14.2. The fourth-order valence-electron chi connectivity index (χ4n) is 1.78. The second kappa shape index (κ2) is 6.29. The number of hydrogen-bond donors (Lipinski definition) is 0. The molecule has 0 aliphatic rings. The van der Waals surface area contributed by atoms with Crippen LogP contribution < -0.4 is 4.90 Å². The minimum Gasteiger partial charge on any atom is -0.351 e. The van der Waals surface area contributed by atoms with Crippen LogP contribution in [0.5, 0.6) is 0 Å². The van der Waals surface area contributed by atoms with Crippen LogP contribution in [0.25, 0.3) is 0 Å². The molecule has 2 heterocycles. The molecule has 7 heteroatoms. The molecule has 0 atom stereocenters. The van der Waals surface area contributed by atoms with Gasteiger partial charge in [-0.15, -0.1) is 0 Å². The highest BCUT2D eigenvalue weighted by molar-refractivity contribution is 6.29. The summed E-state index contributed by atoms with van der Waals surface area (Å²) < 4.78 is 0. The Morgan fingerprint density at radius 2 is 2.20 bits per heavy atom. The molecule has 0 fully saturated rings. The van der Waals surface area contributed by atoms with Crippen molar-refractivity contribution in [1.82, 2.24) is 9.97 Å². The van der Waals surface area contributed by atoms with Gasteiger partial charge in [-0.1, -0.05) is 17.7 Å². The Balaban J connectivity index is 2.29. The lowest BCUT2D eigenvalue weighted by atomic mass is 10.3. The minimum atomic E-state index is -0.480. The van der Waals surface area contributed by atoms with Crippen LogP contribution in [0, 0.1) is 10.1 Å². The highest BCUT2D eigenvalue weighted by atomic mass is 35.5. The minimum absolute atomic E-state index is 0.0699. The summed E-state index contributed by atoms with van der Waals surface area (Å²) in [7, 11) is 0. The Morgan fingerprint density at radius 3 is 2.80 bits per heavy atom. The summed E-state index contributed by atoms with van der Waals surface area (Å²) in [6, 6.07) is 8.27. The predicted octanol–water partition coefficient (Wildman–Crippen LogP) is 3.06. The van der Waals surface area contributed by atoms with E-state index in [0.717, 1.165) is 5.69 Å². The number of halogens is 1. The summed E-state index contributed by atoms with van der Waals surface area (Å²) in [5.41, 5.74) is 0.790. The third kappa shape index (κ3) is 3.42. The SMILES string of the molecule is CCN(Cc1ccccn1)c1cc([N+](=O)[O-])cc(Cl)n1. The van der Waals surface area contributed by atoms with Gasteiger partial charge in [0.2, 0.25) is 0 Å². The van der Waals surface area contributed by atoms with Gasteiger partial charge in [-0.05, 0) is 19.1 Å². The number of nitrogens with zero attached hydrogens (tertiary/aromatic N) is 4. The second-order valence-electron chi connectivity index (χ2n) is 4.10. The first-order chi connectivity index (χ1) is 9.60. The van der Waals surface area contributed by atoms with E-state index >= 15 is 0 Å². The number of anilines is 1. The molecule has 20 heavy (non-hydrogen) atoms. The molecule has 0 unspecified atom stereocenters. The van der Waals surface area contributed by atoms with Gasteiger partial charge in [-0.2, -0.15) is 0 Å². The quantitative estimate of drug-likeness (QED) is 0.481. The van der Waals surface area contributed by atoms with Gasteiger partial charge in [0.15, 0.2) is 0 Å². The maximum absolute atomic E-state index is 10.9. The van der Waals surface area contributed by atoms with E-state index in [4.69, 9.17) is 11.6 Å². The summed E-state index contributed by atoms with van der Waals surface area (Å²) in [6.07, 6.45) is 1.71. The molecule has 0 bridgehead atoms. The lowest BCUT2D eigenvalue weighted by Gasteiger charge is -2.21. The van der Waals surface area contributed by atoms with E-state index in [1.165, 1.54) is 12.1 Å². The van der Waals surface area contributed by atoms with E-state index in [1.807, 2.05) is 30.0 Å². The first-order valence-electron chi connectivity index (χ1n) is 6.07. The van der Waals surface area contributed by atoms with Crippen LogP contribution in [0.15, 0.2) is 36.5 Å². The first-order valence-corrected chi connectivity index (χ1v) is 6.44. The highest BCUT2D eigenvalue weighted by Crippen LogP contribution is 2.24. The third-order valence-electron chi connectivity index (χ3n) is 2.76. The largest absolute Gasteiger partial charge is 0.351 e. The van der Waals surface area contributed by atoms with Crippen LogP contribution in [0.4, 0.5) is 11.5 Å². The zero-order chi connectivity index (χ0) is 14.5. The number of aromatic nitrogens is 2. The van der Waals surface area contributed by atoms with Crippen LogP contribution in [-0.2, 0) is 6.54 Å². The molecule has 0 spiro atoms. The van der Waals surface area contributed by atoms with E-state index in [0.29, 0.717) is 18.9 Å². The fraction of sp³-hybridized carbons (Fsp3) is 0.231. The smallest absolute Gasteiger partial charge is 0.276 e. The Bertz CT molecular complexity index is 607. The summed E-state index contributed by atoms with van der Waals surface area (Å²) in [5, 5.41) is 11.0. The zero-order valence-electron chi connectivity index (χ0n) is 10.9. The summed E-state index contributed by atoms with van der Waals surface area (Å²) >= 11 is 5.84. The molecule has 0 aliphatic heterocycles. The lowest BCUT2D eigenvalue weighted by molar-refractivity contribution is -0.384. The van der Waals surface area contributed by atoms with Crippen molar-refractivity contribution in [3.05, 3.63) is 57.5 Å². The summed E-state index contributed by atoms with van der Waals surface area (Å²) in [4.78, 5) is 20.6. The Kier molecular flexibility index (Phi) is 4.47. The van der Waals surface area contributed by atoms with Crippen molar-refractivity contribution >= 4 is 23.1 Å². The maximum Gasteiger partial charge on any atom is 0.276 e. The van der Waals surface area contributed by atoms with Crippen LogP contribution in [0.3, 0.4) is 0 Å². The zero-order valence-corrected chi connectivity index (χ0v) is 11.6. The van der Waals surface area contributed by atoms with E-state index in [9.17, 15) is 10.1 Å². The number of rotatable bonds is 5. The van der Waals surface area contributed by atoms with E-state index in [1.54, 1.807) is 6.20 Å². The van der Waals surface area contributed by atoms with Gasteiger partial charge in [0.05, 0.1) is 29.3 Å². The third-order valence-corrected chi connectivity index (χ3v) is 2.95. The average Bonchev–Trinajstić information content (AvgIpc) is 2.45. The number of hydrogen-bond acceptors (Lipinski definition) is 5. The van der Waals surface area contributed by atoms with Crippen molar-refractivity contribution < 1.29 is 4.92 Å². The molecule has 2 aromatic rings. The van der Waals surface area contributed by atoms with E-state index in [2.05, 4.69) is 9.97 Å². The van der Waals surface area contributed by atoms with Gasteiger partial charge in [-0.25, -0.2) is 4.98 Å². The molecule has 6 nitrogen and oxygen atoms in total. The van der Waals surface area contributed by atoms with Crippen molar-refractivity contribution in [3.63, 3.8) is 0 Å². The van der Waals surface area contributed by atoms with Crippen molar-refractivity contribution in [2.45, 2.75) is 13.5 Å².